The van der Waals surface area contributed by atoms with E-state index in [9.17, 15) is 0 Å². The lowest BCUT2D eigenvalue weighted by Crippen LogP contribution is -2.10. The van der Waals surface area contributed by atoms with Gasteiger partial charge < -0.3 is 16.3 Å². The number of imidazole rings is 1. The summed E-state index contributed by atoms with van der Waals surface area (Å²) in [6.07, 6.45) is 1.47. The second-order valence-electron chi connectivity index (χ2n) is 3.23. The fourth-order valence-electron chi connectivity index (χ4n) is 1.39. The molecule has 0 bridgehead atoms. The monoisotopic (exact) mass is 282 g/mol. The Bertz CT molecular complexity index is 524. The molecule has 0 unspecified atom stereocenters. The van der Waals surface area contributed by atoms with Gasteiger partial charge in [-0.05, 0) is 18.2 Å². The molecule has 0 aliphatic rings. The predicted octanol–water partition coefficient (Wildman–Crippen LogP) is 1.62. The average molecular weight is 283 g/mol. The Hall–Kier alpha value is -1.69. The van der Waals surface area contributed by atoms with Crippen molar-refractivity contribution in [3.05, 3.63) is 29.0 Å². The average Bonchev–Trinajstić information content (AvgIpc) is 2.61. The van der Waals surface area contributed by atoms with Crippen molar-refractivity contribution < 1.29 is 4.74 Å². The number of benzene rings is 1. The third-order valence-electron chi connectivity index (χ3n) is 2.26. The van der Waals surface area contributed by atoms with Crippen LogP contribution in [-0.4, -0.2) is 16.8 Å². The summed E-state index contributed by atoms with van der Waals surface area (Å²) in [4.78, 5) is 4.15. The molecule has 4 N–H and O–H groups in total. The standard InChI is InChI=1S/C10H11BrN4O/c1-16-6-2-3-8(11)7(4-6)9-10(12)15(13)5-14-9/h2-5H,12-13H2,1H3. The van der Waals surface area contributed by atoms with Gasteiger partial charge in [0.05, 0.1) is 7.11 Å². The fraction of sp³-hybridized carbons (Fsp3) is 0.100. The Morgan fingerprint density at radius 2 is 2.19 bits per heavy atom. The summed E-state index contributed by atoms with van der Waals surface area (Å²) in [6.45, 7) is 0. The molecule has 16 heavy (non-hydrogen) atoms. The zero-order valence-corrected chi connectivity index (χ0v) is 10.2. The highest BCUT2D eigenvalue weighted by Gasteiger charge is 2.12. The molecule has 0 amide bonds. The van der Waals surface area contributed by atoms with Crippen LogP contribution >= 0.6 is 15.9 Å². The molecule has 6 heteroatoms. The van der Waals surface area contributed by atoms with E-state index in [1.807, 2.05) is 18.2 Å². The van der Waals surface area contributed by atoms with E-state index in [2.05, 4.69) is 20.9 Å². The molecule has 0 radical (unpaired) electrons. The first-order valence-corrected chi connectivity index (χ1v) is 5.34. The van der Waals surface area contributed by atoms with Gasteiger partial charge in [-0.2, -0.15) is 0 Å². The zero-order chi connectivity index (χ0) is 11.7. The van der Waals surface area contributed by atoms with Crippen LogP contribution in [0.15, 0.2) is 29.0 Å². The van der Waals surface area contributed by atoms with Crippen molar-refractivity contribution in [2.45, 2.75) is 0 Å². The van der Waals surface area contributed by atoms with Gasteiger partial charge in [0, 0.05) is 10.0 Å². The number of methoxy groups -OCH3 is 1. The van der Waals surface area contributed by atoms with Crippen LogP contribution in [0.5, 0.6) is 5.75 Å². The summed E-state index contributed by atoms with van der Waals surface area (Å²) in [5, 5.41) is 0. The Kier molecular flexibility index (Phi) is 2.74. The van der Waals surface area contributed by atoms with Crippen LogP contribution in [0, 0.1) is 0 Å². The summed E-state index contributed by atoms with van der Waals surface area (Å²) >= 11 is 3.44. The van der Waals surface area contributed by atoms with Crippen molar-refractivity contribution in [3.8, 4) is 17.0 Å². The van der Waals surface area contributed by atoms with Gasteiger partial charge in [0.2, 0.25) is 0 Å². The molecule has 84 valence electrons. The highest BCUT2D eigenvalue weighted by atomic mass is 79.9. The minimum Gasteiger partial charge on any atom is -0.497 e. The number of halogens is 1. The smallest absolute Gasteiger partial charge is 0.150 e. The van der Waals surface area contributed by atoms with E-state index >= 15 is 0 Å². The zero-order valence-electron chi connectivity index (χ0n) is 8.64. The van der Waals surface area contributed by atoms with E-state index in [0.717, 1.165) is 15.8 Å². The predicted molar refractivity (Wildman–Crippen MR) is 66.5 cm³/mol. The summed E-state index contributed by atoms with van der Waals surface area (Å²) in [5.41, 5.74) is 7.29. The molecule has 0 spiro atoms. The lowest BCUT2D eigenvalue weighted by atomic mass is 10.1. The van der Waals surface area contributed by atoms with E-state index < -0.39 is 0 Å². The van der Waals surface area contributed by atoms with Crippen LogP contribution in [0.25, 0.3) is 11.3 Å². The van der Waals surface area contributed by atoms with Gasteiger partial charge in [-0.25, -0.2) is 9.66 Å². The Balaban J connectivity index is 2.59. The van der Waals surface area contributed by atoms with Crippen LogP contribution in [0.1, 0.15) is 0 Å². The van der Waals surface area contributed by atoms with Gasteiger partial charge in [-0.3, -0.25) is 0 Å². The number of nitrogens with two attached hydrogens (primary N) is 2. The summed E-state index contributed by atoms with van der Waals surface area (Å²) in [7, 11) is 1.61. The largest absolute Gasteiger partial charge is 0.497 e. The van der Waals surface area contributed by atoms with Crippen LogP contribution < -0.4 is 16.3 Å². The van der Waals surface area contributed by atoms with Crippen molar-refractivity contribution in [2.24, 2.45) is 0 Å². The van der Waals surface area contributed by atoms with Gasteiger partial charge in [0.15, 0.2) is 5.82 Å². The van der Waals surface area contributed by atoms with E-state index in [0.29, 0.717) is 11.5 Å². The molecule has 1 heterocycles. The molecule has 0 atom stereocenters. The number of hydrogen-bond donors (Lipinski definition) is 2. The Morgan fingerprint density at radius 1 is 1.44 bits per heavy atom. The second-order valence-corrected chi connectivity index (χ2v) is 4.09. The number of hydrogen-bond acceptors (Lipinski definition) is 4. The normalized spacial score (nSPS) is 10.4. The third-order valence-corrected chi connectivity index (χ3v) is 2.95. The first-order valence-electron chi connectivity index (χ1n) is 4.55. The van der Waals surface area contributed by atoms with Crippen molar-refractivity contribution in [2.75, 3.05) is 18.7 Å². The summed E-state index contributed by atoms with van der Waals surface area (Å²) < 4.78 is 7.32. The quantitative estimate of drug-likeness (QED) is 0.821. The Labute approximate surface area is 101 Å². The molecular weight excluding hydrogens is 272 g/mol. The number of aromatic nitrogens is 2. The topological polar surface area (TPSA) is 79.1 Å². The van der Waals surface area contributed by atoms with E-state index in [4.69, 9.17) is 16.3 Å². The molecule has 5 nitrogen and oxygen atoms in total. The van der Waals surface area contributed by atoms with Gasteiger partial charge in [0.25, 0.3) is 0 Å². The first-order chi connectivity index (χ1) is 7.63. The molecule has 2 rings (SSSR count). The number of nitrogens with zero attached hydrogens (tertiary/aromatic N) is 2. The SMILES string of the molecule is COc1ccc(Br)c(-c2ncn(N)c2N)c1. The van der Waals surface area contributed by atoms with Crippen LogP contribution in [-0.2, 0) is 0 Å². The molecule has 2 aromatic rings. The highest BCUT2D eigenvalue weighted by molar-refractivity contribution is 9.10. The summed E-state index contributed by atoms with van der Waals surface area (Å²) in [6, 6.07) is 5.58. The van der Waals surface area contributed by atoms with Crippen molar-refractivity contribution in [1.29, 1.82) is 0 Å². The van der Waals surface area contributed by atoms with Gasteiger partial charge in [0.1, 0.15) is 17.8 Å². The van der Waals surface area contributed by atoms with Crippen molar-refractivity contribution in [3.63, 3.8) is 0 Å². The number of anilines is 1. The molecular formula is C10H11BrN4O. The Morgan fingerprint density at radius 3 is 2.75 bits per heavy atom. The second kappa shape index (κ2) is 4.05. The summed E-state index contributed by atoms with van der Waals surface area (Å²) in [5.74, 6) is 6.73. The molecule has 0 saturated carbocycles. The third kappa shape index (κ3) is 1.71. The molecule has 0 saturated heterocycles. The first kappa shape index (κ1) is 10.8. The van der Waals surface area contributed by atoms with E-state index in [1.54, 1.807) is 7.11 Å². The van der Waals surface area contributed by atoms with Gasteiger partial charge in [-0.1, -0.05) is 15.9 Å². The maximum Gasteiger partial charge on any atom is 0.150 e. The number of rotatable bonds is 2. The molecule has 0 fully saturated rings. The van der Waals surface area contributed by atoms with Gasteiger partial charge in [-0.15, -0.1) is 0 Å². The maximum absolute atomic E-state index is 5.81. The lowest BCUT2D eigenvalue weighted by Gasteiger charge is -2.06. The fourth-order valence-corrected chi connectivity index (χ4v) is 1.83. The molecule has 1 aromatic heterocycles. The van der Waals surface area contributed by atoms with E-state index in [1.165, 1.54) is 11.0 Å². The minimum atomic E-state index is 0.411. The van der Waals surface area contributed by atoms with Crippen LogP contribution in [0.3, 0.4) is 0 Å². The van der Waals surface area contributed by atoms with Crippen LogP contribution in [0.2, 0.25) is 0 Å². The van der Waals surface area contributed by atoms with Gasteiger partial charge >= 0.3 is 0 Å². The molecule has 0 aliphatic carbocycles. The number of ether oxygens (including phenoxy) is 1. The number of nitrogen functional groups attached to an aromatic ring is 2. The minimum absolute atomic E-state index is 0.411. The molecule has 0 aliphatic heterocycles. The molecule has 1 aromatic carbocycles. The van der Waals surface area contributed by atoms with E-state index in [-0.39, 0.29) is 0 Å². The highest BCUT2D eigenvalue weighted by Crippen LogP contribution is 2.33. The maximum atomic E-state index is 5.81. The van der Waals surface area contributed by atoms with Crippen LogP contribution in [0.4, 0.5) is 5.82 Å². The lowest BCUT2D eigenvalue weighted by molar-refractivity contribution is 0.415. The van der Waals surface area contributed by atoms with Crippen molar-refractivity contribution >= 4 is 21.7 Å². The van der Waals surface area contributed by atoms with Crippen molar-refractivity contribution in [1.82, 2.24) is 9.66 Å².